The molecule has 0 radical (unpaired) electrons. The van der Waals surface area contributed by atoms with E-state index in [0.717, 1.165) is 0 Å². The fraction of sp³-hybridized carbons (Fsp3) is 0.364. The number of phenols is 2. The minimum atomic E-state index is -4.39. The summed E-state index contributed by atoms with van der Waals surface area (Å²) in [7, 11) is -4.39. The highest BCUT2D eigenvalue weighted by Crippen LogP contribution is 2.55. The molecule has 128 valence electrons. The molecule has 1 rings (SSSR count). The lowest BCUT2D eigenvalue weighted by molar-refractivity contribution is -0.386. The van der Waals surface area contributed by atoms with Crippen molar-refractivity contribution in [3.63, 3.8) is 0 Å². The summed E-state index contributed by atoms with van der Waals surface area (Å²) >= 11 is 0. The van der Waals surface area contributed by atoms with Crippen molar-refractivity contribution in [2.75, 3.05) is 6.16 Å². The van der Waals surface area contributed by atoms with Gasteiger partial charge in [-0.05, 0) is 12.5 Å². The van der Waals surface area contributed by atoms with Gasteiger partial charge in [0.05, 0.1) is 4.92 Å². The molecule has 0 amide bonds. The molecule has 12 heteroatoms. The molecule has 0 spiro atoms. The fourth-order valence-corrected chi connectivity index (χ4v) is 3.22. The number of hydrogen-bond donors (Lipinski definition) is 6. The Morgan fingerprint density at radius 2 is 1.96 bits per heavy atom. The summed E-state index contributed by atoms with van der Waals surface area (Å²) in [5, 5.41) is 48.0. The number of aliphatic carboxylic acids is 1. The van der Waals surface area contributed by atoms with Gasteiger partial charge in [-0.1, -0.05) is 0 Å². The third-order valence-electron chi connectivity index (χ3n) is 3.05. The van der Waals surface area contributed by atoms with Crippen LogP contribution in [-0.2, 0) is 9.36 Å². The summed E-state index contributed by atoms with van der Waals surface area (Å²) in [5.41, 5.74) is 3.77. The lowest BCUT2D eigenvalue weighted by Gasteiger charge is -2.19. The summed E-state index contributed by atoms with van der Waals surface area (Å²) in [6.45, 7) is 0. The molecule has 0 saturated heterocycles. The van der Waals surface area contributed by atoms with Crippen LogP contribution < -0.4 is 5.73 Å². The first kappa shape index (κ1) is 18.8. The zero-order valence-corrected chi connectivity index (χ0v) is 12.5. The van der Waals surface area contributed by atoms with Gasteiger partial charge in [0.25, 0.3) is 0 Å². The minimum absolute atomic E-state index is 0.410. The average Bonchev–Trinajstić information content (AvgIpc) is 2.46. The van der Waals surface area contributed by atoms with E-state index in [9.17, 15) is 39.7 Å². The standard InChI is InChI=1S/C11H15N2O9P/c12-6(10(16)17)1-2-23(21,22)11(18)5-3-7(13(19)20)9(15)8(14)4-5/h3-4,6,11,14-15,18H,1-2,12H2,(H,16,17)(H,21,22)/t6-,11?/m0/s1. The zero-order chi connectivity index (χ0) is 17.9. The third-order valence-corrected chi connectivity index (χ3v) is 5.01. The van der Waals surface area contributed by atoms with E-state index in [1.165, 1.54) is 0 Å². The first-order valence-corrected chi connectivity index (χ1v) is 8.07. The van der Waals surface area contributed by atoms with Crippen molar-refractivity contribution in [3.05, 3.63) is 27.8 Å². The molecule has 0 aliphatic carbocycles. The van der Waals surface area contributed by atoms with Crippen molar-refractivity contribution < 1.29 is 39.6 Å². The zero-order valence-electron chi connectivity index (χ0n) is 11.6. The number of nitro benzene ring substituents is 1. The van der Waals surface area contributed by atoms with Gasteiger partial charge in [-0.2, -0.15) is 0 Å². The SMILES string of the molecule is N[C@@H](CCP(=O)(O)C(O)c1cc(O)c(O)c([N+](=O)[O-])c1)C(=O)O. The molecule has 0 aliphatic rings. The molecule has 2 unspecified atom stereocenters. The molecule has 3 atom stereocenters. The van der Waals surface area contributed by atoms with E-state index >= 15 is 0 Å². The van der Waals surface area contributed by atoms with Gasteiger partial charge in [0.1, 0.15) is 6.04 Å². The second-order valence-electron chi connectivity index (χ2n) is 4.75. The molecule has 0 heterocycles. The highest BCUT2D eigenvalue weighted by atomic mass is 31.2. The number of carboxylic acid groups (broad SMARTS) is 1. The van der Waals surface area contributed by atoms with Crippen molar-refractivity contribution in [3.8, 4) is 11.5 Å². The Hall–Kier alpha value is -2.20. The van der Waals surface area contributed by atoms with E-state index in [0.29, 0.717) is 12.1 Å². The number of nitro groups is 1. The highest BCUT2D eigenvalue weighted by molar-refractivity contribution is 7.58. The molecule has 0 fully saturated rings. The lowest BCUT2D eigenvalue weighted by atomic mass is 10.2. The predicted molar refractivity (Wildman–Crippen MR) is 76.3 cm³/mol. The van der Waals surface area contributed by atoms with Crippen LogP contribution in [0.3, 0.4) is 0 Å². The van der Waals surface area contributed by atoms with Crippen molar-refractivity contribution >= 4 is 19.0 Å². The predicted octanol–water partition coefficient (Wildman–Crippen LogP) is 0.0693. The Balaban J connectivity index is 3.08. The number of benzene rings is 1. The molecule has 0 saturated carbocycles. The number of aliphatic hydroxyl groups is 1. The van der Waals surface area contributed by atoms with Crippen LogP contribution in [0, 0.1) is 10.1 Å². The molecule has 23 heavy (non-hydrogen) atoms. The smallest absolute Gasteiger partial charge is 0.320 e. The molecule has 11 nitrogen and oxygen atoms in total. The van der Waals surface area contributed by atoms with E-state index in [2.05, 4.69) is 0 Å². The molecule has 1 aromatic carbocycles. The van der Waals surface area contributed by atoms with Crippen LogP contribution >= 0.6 is 7.37 Å². The molecule has 1 aromatic rings. The van der Waals surface area contributed by atoms with Gasteiger partial charge in [-0.3, -0.25) is 19.5 Å². The number of rotatable bonds is 7. The number of carbonyl (C=O) groups is 1. The van der Waals surface area contributed by atoms with E-state index in [-0.39, 0.29) is 0 Å². The van der Waals surface area contributed by atoms with Gasteiger partial charge < -0.3 is 31.1 Å². The Labute approximate surface area is 129 Å². The maximum absolute atomic E-state index is 12.1. The number of phenolic OH excluding ortho intramolecular Hbond substituents is 2. The van der Waals surface area contributed by atoms with Crippen molar-refractivity contribution in [1.82, 2.24) is 0 Å². The summed E-state index contributed by atoms with van der Waals surface area (Å²) in [5.74, 6) is -5.51. The van der Waals surface area contributed by atoms with Crippen LogP contribution in [0.2, 0.25) is 0 Å². The maximum Gasteiger partial charge on any atom is 0.320 e. The second-order valence-corrected chi connectivity index (χ2v) is 7.20. The Morgan fingerprint density at radius 1 is 1.39 bits per heavy atom. The van der Waals surface area contributed by atoms with Crippen molar-refractivity contribution in [2.45, 2.75) is 18.3 Å². The number of nitrogens with two attached hydrogens (primary N) is 1. The van der Waals surface area contributed by atoms with Crippen LogP contribution in [0.25, 0.3) is 0 Å². The summed E-state index contributed by atoms with van der Waals surface area (Å²) < 4.78 is 12.1. The number of aromatic hydroxyl groups is 2. The van der Waals surface area contributed by atoms with E-state index in [1.807, 2.05) is 0 Å². The van der Waals surface area contributed by atoms with Gasteiger partial charge in [0, 0.05) is 17.8 Å². The van der Waals surface area contributed by atoms with Crippen LogP contribution in [0.1, 0.15) is 17.8 Å². The first-order chi connectivity index (χ1) is 10.5. The molecule has 0 bridgehead atoms. The number of nitrogens with zero attached hydrogens (tertiary/aromatic N) is 1. The van der Waals surface area contributed by atoms with Crippen LogP contribution in [0.15, 0.2) is 12.1 Å². The summed E-state index contributed by atoms with van der Waals surface area (Å²) in [6.07, 6.45) is -1.07. The number of carboxylic acids is 1. The highest BCUT2D eigenvalue weighted by Gasteiger charge is 2.34. The van der Waals surface area contributed by atoms with E-state index in [4.69, 9.17) is 10.8 Å². The van der Waals surface area contributed by atoms with Crippen LogP contribution in [-0.4, -0.2) is 48.4 Å². The summed E-state index contributed by atoms with van der Waals surface area (Å²) in [4.78, 5) is 30.0. The van der Waals surface area contributed by atoms with E-state index in [1.54, 1.807) is 0 Å². The largest absolute Gasteiger partial charge is 0.504 e. The Morgan fingerprint density at radius 3 is 2.43 bits per heavy atom. The van der Waals surface area contributed by atoms with Crippen LogP contribution in [0.4, 0.5) is 5.69 Å². The monoisotopic (exact) mass is 350 g/mol. The quantitative estimate of drug-likeness (QED) is 0.169. The topological polar surface area (TPSA) is 204 Å². The lowest BCUT2D eigenvalue weighted by Crippen LogP contribution is -2.31. The van der Waals surface area contributed by atoms with Gasteiger partial charge in [0.2, 0.25) is 13.1 Å². The van der Waals surface area contributed by atoms with Crippen molar-refractivity contribution in [1.29, 1.82) is 0 Å². The van der Waals surface area contributed by atoms with Gasteiger partial charge >= 0.3 is 11.7 Å². The normalized spacial score (nSPS) is 16.3. The second kappa shape index (κ2) is 6.92. The average molecular weight is 350 g/mol. The Kier molecular flexibility index (Phi) is 5.67. The number of hydrogen-bond acceptors (Lipinski definition) is 8. The first-order valence-electron chi connectivity index (χ1n) is 6.15. The van der Waals surface area contributed by atoms with Gasteiger partial charge in [-0.15, -0.1) is 0 Å². The number of aliphatic hydroxyl groups excluding tert-OH is 1. The fourth-order valence-electron chi connectivity index (χ4n) is 1.72. The molecule has 0 aliphatic heterocycles. The molecular weight excluding hydrogens is 335 g/mol. The summed E-state index contributed by atoms with van der Waals surface area (Å²) in [6, 6.07) is -0.0718. The Bertz CT molecular complexity index is 678. The molecule has 7 N–H and O–H groups in total. The molecular formula is C11H15N2O9P. The van der Waals surface area contributed by atoms with E-state index < -0.39 is 65.5 Å². The third kappa shape index (κ3) is 4.39. The van der Waals surface area contributed by atoms with Crippen LogP contribution in [0.5, 0.6) is 11.5 Å². The minimum Gasteiger partial charge on any atom is -0.504 e. The van der Waals surface area contributed by atoms with Gasteiger partial charge in [-0.25, -0.2) is 0 Å². The molecule has 0 aromatic heterocycles. The maximum atomic E-state index is 12.1. The van der Waals surface area contributed by atoms with Gasteiger partial charge in [0.15, 0.2) is 11.6 Å². The van der Waals surface area contributed by atoms with Crippen molar-refractivity contribution in [2.24, 2.45) is 5.73 Å².